The molecule has 0 saturated heterocycles. The van der Waals surface area contributed by atoms with Crippen LogP contribution in [0.4, 0.5) is 18.9 Å². The zero-order valence-corrected chi connectivity index (χ0v) is 14.4. The number of alkyl halides is 3. The SMILES string of the molecule is OCCC(CCO)Nc1cccc2c1cc(I)n2CC(F)(F)F. The van der Waals surface area contributed by atoms with Crippen LogP contribution in [0.3, 0.4) is 0 Å². The van der Waals surface area contributed by atoms with Crippen molar-refractivity contribution in [2.75, 3.05) is 18.5 Å². The third kappa shape index (κ3) is 4.74. The second-order valence-corrected chi connectivity index (χ2v) is 6.38. The number of rotatable bonds is 7. The predicted octanol–water partition coefficient (Wildman–Crippen LogP) is 3.35. The first-order valence-electron chi connectivity index (χ1n) is 7.18. The van der Waals surface area contributed by atoms with Gasteiger partial charge in [0.1, 0.15) is 6.54 Å². The first-order valence-corrected chi connectivity index (χ1v) is 8.26. The van der Waals surface area contributed by atoms with E-state index in [0.717, 1.165) is 0 Å². The van der Waals surface area contributed by atoms with Crippen LogP contribution in [-0.4, -0.2) is 40.2 Å². The summed E-state index contributed by atoms with van der Waals surface area (Å²) in [6.07, 6.45) is -3.37. The van der Waals surface area contributed by atoms with Gasteiger partial charge in [-0.2, -0.15) is 13.2 Å². The standard InChI is InChI=1S/C15H18F3IN2O2/c16-15(17,18)9-21-13-3-1-2-12(11(13)8-14(21)19)20-10(4-6-22)5-7-23/h1-3,8,10,20,22-23H,4-7,9H2. The molecule has 0 aliphatic carbocycles. The van der Waals surface area contributed by atoms with E-state index < -0.39 is 12.7 Å². The molecular weight excluding hydrogens is 424 g/mol. The molecule has 2 aromatic rings. The molecule has 0 spiro atoms. The molecule has 4 nitrogen and oxygen atoms in total. The van der Waals surface area contributed by atoms with Crippen LogP contribution in [0, 0.1) is 3.70 Å². The van der Waals surface area contributed by atoms with Gasteiger partial charge in [0.2, 0.25) is 0 Å². The quantitative estimate of drug-likeness (QED) is 0.577. The van der Waals surface area contributed by atoms with Crippen molar-refractivity contribution in [3.63, 3.8) is 0 Å². The lowest BCUT2D eigenvalue weighted by Gasteiger charge is -2.19. The Kier molecular flexibility index (Phi) is 6.15. The van der Waals surface area contributed by atoms with Crippen molar-refractivity contribution in [2.45, 2.75) is 31.6 Å². The van der Waals surface area contributed by atoms with Crippen molar-refractivity contribution in [3.8, 4) is 0 Å². The molecule has 0 bridgehead atoms. The normalized spacial score (nSPS) is 12.3. The molecule has 0 aliphatic rings. The molecule has 0 saturated carbocycles. The molecule has 3 N–H and O–H groups in total. The van der Waals surface area contributed by atoms with E-state index in [0.29, 0.717) is 33.1 Å². The molecule has 0 fully saturated rings. The van der Waals surface area contributed by atoms with Gasteiger partial charge in [-0.3, -0.25) is 0 Å². The first-order chi connectivity index (χ1) is 10.9. The second kappa shape index (κ2) is 7.71. The molecule has 128 valence electrons. The van der Waals surface area contributed by atoms with Gasteiger partial charge < -0.3 is 20.1 Å². The molecule has 1 aromatic carbocycles. The fourth-order valence-electron chi connectivity index (χ4n) is 2.54. The van der Waals surface area contributed by atoms with Crippen molar-refractivity contribution >= 4 is 39.2 Å². The zero-order valence-electron chi connectivity index (χ0n) is 12.3. The van der Waals surface area contributed by atoms with Gasteiger partial charge in [-0.25, -0.2) is 0 Å². The topological polar surface area (TPSA) is 57.4 Å². The summed E-state index contributed by atoms with van der Waals surface area (Å²) in [6, 6.07) is 6.71. The summed E-state index contributed by atoms with van der Waals surface area (Å²) in [5, 5.41) is 22.1. The summed E-state index contributed by atoms with van der Waals surface area (Å²) in [4.78, 5) is 0. The Bertz CT molecular complexity index is 652. The Morgan fingerprint density at radius 1 is 1.17 bits per heavy atom. The number of halogens is 4. The molecule has 2 rings (SSSR count). The Balaban J connectivity index is 2.37. The maximum atomic E-state index is 12.7. The molecule has 1 heterocycles. The smallest absolute Gasteiger partial charge is 0.396 e. The number of hydrogen-bond acceptors (Lipinski definition) is 3. The van der Waals surface area contributed by atoms with Crippen molar-refractivity contribution in [1.82, 2.24) is 4.57 Å². The number of aliphatic hydroxyl groups excluding tert-OH is 2. The summed E-state index contributed by atoms with van der Waals surface area (Å²) in [7, 11) is 0. The van der Waals surface area contributed by atoms with E-state index in [4.69, 9.17) is 10.2 Å². The van der Waals surface area contributed by atoms with E-state index in [-0.39, 0.29) is 19.3 Å². The number of aromatic nitrogens is 1. The number of benzene rings is 1. The average molecular weight is 442 g/mol. The summed E-state index contributed by atoms with van der Waals surface area (Å²) < 4.78 is 40.0. The third-order valence-electron chi connectivity index (χ3n) is 3.55. The molecule has 0 radical (unpaired) electrons. The van der Waals surface area contributed by atoms with Crippen LogP contribution in [0.2, 0.25) is 0 Å². The molecule has 23 heavy (non-hydrogen) atoms. The summed E-state index contributed by atoms with van der Waals surface area (Å²) in [5.74, 6) is 0. The van der Waals surface area contributed by atoms with E-state index in [1.54, 1.807) is 24.3 Å². The van der Waals surface area contributed by atoms with Crippen molar-refractivity contribution in [1.29, 1.82) is 0 Å². The van der Waals surface area contributed by atoms with Gasteiger partial charge in [0, 0.05) is 30.3 Å². The summed E-state index contributed by atoms with van der Waals surface area (Å²) in [6.45, 7) is -1.09. The number of hydrogen-bond donors (Lipinski definition) is 3. The van der Waals surface area contributed by atoms with Crippen molar-refractivity contribution < 1.29 is 23.4 Å². The Morgan fingerprint density at radius 3 is 2.39 bits per heavy atom. The number of anilines is 1. The minimum absolute atomic E-state index is 0.0275. The van der Waals surface area contributed by atoms with Crippen LogP contribution in [0.15, 0.2) is 24.3 Å². The lowest BCUT2D eigenvalue weighted by atomic mass is 10.1. The van der Waals surface area contributed by atoms with E-state index in [1.165, 1.54) is 4.57 Å². The lowest BCUT2D eigenvalue weighted by Crippen LogP contribution is -2.22. The van der Waals surface area contributed by atoms with Crippen LogP contribution < -0.4 is 5.32 Å². The second-order valence-electron chi connectivity index (χ2n) is 5.27. The molecule has 0 atom stereocenters. The predicted molar refractivity (Wildman–Crippen MR) is 91.5 cm³/mol. The van der Waals surface area contributed by atoms with Gasteiger partial charge in [0.25, 0.3) is 0 Å². The third-order valence-corrected chi connectivity index (χ3v) is 4.44. The maximum absolute atomic E-state index is 12.7. The Labute approximate surface area is 145 Å². The number of fused-ring (bicyclic) bond motifs is 1. The van der Waals surface area contributed by atoms with Gasteiger partial charge in [0.15, 0.2) is 0 Å². The van der Waals surface area contributed by atoms with Crippen LogP contribution in [0.5, 0.6) is 0 Å². The minimum Gasteiger partial charge on any atom is -0.396 e. The van der Waals surface area contributed by atoms with E-state index >= 15 is 0 Å². The van der Waals surface area contributed by atoms with E-state index in [2.05, 4.69) is 5.32 Å². The van der Waals surface area contributed by atoms with Crippen LogP contribution >= 0.6 is 22.6 Å². The molecule has 1 aromatic heterocycles. The highest BCUT2D eigenvalue weighted by molar-refractivity contribution is 14.1. The Hall–Kier alpha value is -1.00. The fraction of sp³-hybridized carbons (Fsp3) is 0.467. The molecule has 0 amide bonds. The fourth-order valence-corrected chi connectivity index (χ4v) is 3.28. The van der Waals surface area contributed by atoms with Gasteiger partial charge in [-0.05, 0) is 53.6 Å². The number of nitrogens with zero attached hydrogens (tertiary/aromatic N) is 1. The first kappa shape index (κ1) is 18.3. The molecule has 0 aliphatic heterocycles. The molecule has 8 heteroatoms. The van der Waals surface area contributed by atoms with E-state index in [1.807, 2.05) is 22.6 Å². The molecule has 0 unspecified atom stereocenters. The van der Waals surface area contributed by atoms with E-state index in [9.17, 15) is 13.2 Å². The highest BCUT2D eigenvalue weighted by atomic mass is 127. The van der Waals surface area contributed by atoms with Gasteiger partial charge in [0.05, 0.1) is 9.22 Å². The lowest BCUT2D eigenvalue weighted by molar-refractivity contribution is -0.140. The van der Waals surface area contributed by atoms with Crippen LogP contribution in [-0.2, 0) is 6.54 Å². The van der Waals surface area contributed by atoms with Gasteiger partial charge in [-0.15, -0.1) is 0 Å². The van der Waals surface area contributed by atoms with Gasteiger partial charge >= 0.3 is 6.18 Å². The Morgan fingerprint density at radius 2 is 1.83 bits per heavy atom. The highest BCUT2D eigenvalue weighted by Crippen LogP contribution is 2.31. The highest BCUT2D eigenvalue weighted by Gasteiger charge is 2.29. The van der Waals surface area contributed by atoms with Crippen molar-refractivity contribution in [3.05, 3.63) is 28.0 Å². The zero-order chi connectivity index (χ0) is 17.0. The average Bonchev–Trinajstić information content (AvgIpc) is 2.76. The number of aliphatic hydroxyl groups is 2. The maximum Gasteiger partial charge on any atom is 0.406 e. The van der Waals surface area contributed by atoms with Crippen molar-refractivity contribution in [2.24, 2.45) is 0 Å². The summed E-state index contributed by atoms with van der Waals surface area (Å²) >= 11 is 1.89. The van der Waals surface area contributed by atoms with Crippen LogP contribution in [0.1, 0.15) is 12.8 Å². The largest absolute Gasteiger partial charge is 0.406 e. The number of nitrogens with one attached hydrogen (secondary N) is 1. The molecular formula is C15H18F3IN2O2. The monoisotopic (exact) mass is 442 g/mol. The minimum atomic E-state index is -4.29. The van der Waals surface area contributed by atoms with Gasteiger partial charge in [-0.1, -0.05) is 6.07 Å². The summed E-state index contributed by atoms with van der Waals surface area (Å²) in [5.41, 5.74) is 1.21. The van der Waals surface area contributed by atoms with Crippen LogP contribution in [0.25, 0.3) is 10.9 Å².